The maximum atomic E-state index is 12.4. The summed E-state index contributed by atoms with van der Waals surface area (Å²) in [5.41, 5.74) is 4.55. The second kappa shape index (κ2) is 4.33. The van der Waals surface area contributed by atoms with Crippen LogP contribution in [0.4, 0.5) is 19.0 Å². The molecule has 0 unspecified atom stereocenters. The van der Waals surface area contributed by atoms with E-state index in [4.69, 9.17) is 28.9 Å². The molecule has 0 spiro atoms. The van der Waals surface area contributed by atoms with Gasteiger partial charge in [-0.15, -0.1) is 0 Å². The number of pyridine rings is 1. The number of rotatable bonds is 1. The molecule has 0 saturated carbocycles. The van der Waals surface area contributed by atoms with Crippen molar-refractivity contribution in [2.24, 2.45) is 0 Å². The lowest BCUT2D eigenvalue weighted by molar-refractivity contribution is -0.137. The first-order valence-electron chi connectivity index (χ1n) is 4.53. The highest BCUT2D eigenvalue weighted by Crippen LogP contribution is 2.31. The van der Waals surface area contributed by atoms with Crippen LogP contribution in [0.1, 0.15) is 5.56 Å². The van der Waals surface area contributed by atoms with E-state index in [1.807, 2.05) is 0 Å². The SMILES string of the molecule is Nc1nc(-n2cc(C(F)(F)F)cn2)c(Cl)cc1Cl. The van der Waals surface area contributed by atoms with E-state index in [9.17, 15) is 13.2 Å². The molecule has 0 aromatic carbocycles. The van der Waals surface area contributed by atoms with Crippen LogP contribution in [0.15, 0.2) is 18.5 Å². The van der Waals surface area contributed by atoms with Gasteiger partial charge in [-0.25, -0.2) is 9.67 Å². The van der Waals surface area contributed by atoms with Crippen molar-refractivity contribution in [3.05, 3.63) is 34.1 Å². The molecule has 2 rings (SSSR count). The van der Waals surface area contributed by atoms with Crippen LogP contribution in [0, 0.1) is 0 Å². The number of halogens is 5. The lowest BCUT2D eigenvalue weighted by atomic mass is 10.3. The lowest BCUT2D eigenvalue weighted by Crippen LogP contribution is -2.04. The average molecular weight is 297 g/mol. The number of nitrogen functional groups attached to an aromatic ring is 1. The summed E-state index contributed by atoms with van der Waals surface area (Å²) in [6.07, 6.45) is -3.05. The Kier molecular flexibility index (Phi) is 3.12. The summed E-state index contributed by atoms with van der Waals surface area (Å²) >= 11 is 11.5. The van der Waals surface area contributed by atoms with Crippen molar-refractivity contribution in [1.29, 1.82) is 0 Å². The highest BCUT2D eigenvalue weighted by Gasteiger charge is 2.32. The maximum absolute atomic E-state index is 12.4. The molecule has 0 aliphatic carbocycles. The zero-order chi connectivity index (χ0) is 13.5. The molecule has 0 aliphatic rings. The van der Waals surface area contributed by atoms with E-state index < -0.39 is 11.7 Å². The number of nitrogens with zero attached hydrogens (tertiary/aromatic N) is 3. The maximum Gasteiger partial charge on any atom is 0.419 e. The Morgan fingerprint density at radius 2 is 1.89 bits per heavy atom. The number of aromatic nitrogens is 3. The minimum absolute atomic E-state index is 0.0194. The summed E-state index contributed by atoms with van der Waals surface area (Å²) in [5, 5.41) is 3.70. The van der Waals surface area contributed by atoms with Crippen LogP contribution in [0.5, 0.6) is 0 Å². The fourth-order valence-electron chi connectivity index (χ4n) is 1.22. The zero-order valence-corrected chi connectivity index (χ0v) is 10.1. The molecule has 4 nitrogen and oxygen atoms in total. The highest BCUT2D eigenvalue weighted by atomic mass is 35.5. The van der Waals surface area contributed by atoms with Crippen LogP contribution in [0.2, 0.25) is 10.0 Å². The summed E-state index contributed by atoms with van der Waals surface area (Å²) in [7, 11) is 0. The summed E-state index contributed by atoms with van der Waals surface area (Å²) in [5.74, 6) is -0.0609. The molecule has 0 bridgehead atoms. The van der Waals surface area contributed by atoms with Gasteiger partial charge in [0.05, 0.1) is 21.8 Å². The largest absolute Gasteiger partial charge is 0.419 e. The van der Waals surface area contributed by atoms with Crippen molar-refractivity contribution in [3.8, 4) is 5.82 Å². The van der Waals surface area contributed by atoms with Gasteiger partial charge < -0.3 is 5.73 Å². The Hall–Kier alpha value is -1.47. The molecule has 9 heteroatoms. The average Bonchev–Trinajstić information content (AvgIpc) is 2.72. The van der Waals surface area contributed by atoms with E-state index in [2.05, 4.69) is 10.1 Å². The molecule has 96 valence electrons. The van der Waals surface area contributed by atoms with Crippen LogP contribution in [0.25, 0.3) is 5.82 Å². The monoisotopic (exact) mass is 296 g/mol. The molecule has 0 aliphatic heterocycles. The number of hydrogen-bond acceptors (Lipinski definition) is 3. The zero-order valence-electron chi connectivity index (χ0n) is 8.54. The van der Waals surface area contributed by atoms with Crippen molar-refractivity contribution >= 4 is 29.0 Å². The number of alkyl halides is 3. The van der Waals surface area contributed by atoms with Gasteiger partial charge in [-0.05, 0) is 6.07 Å². The van der Waals surface area contributed by atoms with E-state index in [1.165, 1.54) is 6.07 Å². The topological polar surface area (TPSA) is 56.7 Å². The molecular formula is C9H5Cl2F3N4. The first kappa shape index (κ1) is 13.0. The van der Waals surface area contributed by atoms with Crippen LogP contribution >= 0.6 is 23.2 Å². The van der Waals surface area contributed by atoms with Gasteiger partial charge in [0.2, 0.25) is 0 Å². The molecule has 18 heavy (non-hydrogen) atoms. The molecule has 2 aromatic rings. The fourth-order valence-corrected chi connectivity index (χ4v) is 1.66. The van der Waals surface area contributed by atoms with Crippen LogP contribution in [-0.2, 0) is 6.18 Å². The second-order valence-electron chi connectivity index (χ2n) is 3.33. The Labute approximate surface area is 109 Å². The smallest absolute Gasteiger partial charge is 0.382 e. The van der Waals surface area contributed by atoms with Crippen molar-refractivity contribution in [3.63, 3.8) is 0 Å². The van der Waals surface area contributed by atoms with Gasteiger partial charge >= 0.3 is 6.18 Å². The molecule has 0 atom stereocenters. The lowest BCUT2D eigenvalue weighted by Gasteiger charge is -2.06. The first-order chi connectivity index (χ1) is 8.29. The summed E-state index contributed by atoms with van der Waals surface area (Å²) in [4.78, 5) is 3.78. The minimum Gasteiger partial charge on any atom is -0.382 e. The Morgan fingerprint density at radius 1 is 1.22 bits per heavy atom. The molecule has 2 heterocycles. The Balaban J connectivity index is 2.50. The van der Waals surface area contributed by atoms with Crippen molar-refractivity contribution in [2.75, 3.05) is 5.73 Å². The number of nitrogens with two attached hydrogens (primary N) is 1. The third-order valence-corrected chi connectivity index (χ3v) is 2.65. The molecule has 0 amide bonds. The standard InChI is InChI=1S/C9H5Cl2F3N4/c10-5-1-6(11)8(17-7(5)15)18-3-4(2-16-18)9(12,13)14/h1-3H,(H2,15,17). The second-order valence-corrected chi connectivity index (χ2v) is 4.15. The van der Waals surface area contributed by atoms with Gasteiger partial charge in [-0.2, -0.15) is 18.3 Å². The summed E-state index contributed by atoms with van der Waals surface area (Å²) < 4.78 is 38.1. The van der Waals surface area contributed by atoms with E-state index in [0.717, 1.165) is 10.9 Å². The molecule has 2 N–H and O–H groups in total. The van der Waals surface area contributed by atoms with E-state index in [-0.39, 0.29) is 21.7 Å². The fraction of sp³-hybridized carbons (Fsp3) is 0.111. The number of hydrogen-bond donors (Lipinski definition) is 1. The van der Waals surface area contributed by atoms with E-state index in [0.29, 0.717) is 6.20 Å². The van der Waals surface area contributed by atoms with Gasteiger partial charge in [0.1, 0.15) is 5.82 Å². The van der Waals surface area contributed by atoms with Gasteiger partial charge in [0, 0.05) is 6.20 Å². The highest BCUT2D eigenvalue weighted by molar-refractivity contribution is 6.36. The first-order valence-corrected chi connectivity index (χ1v) is 5.28. The Bertz CT molecular complexity index is 594. The molecular weight excluding hydrogens is 292 g/mol. The minimum atomic E-state index is -4.48. The predicted octanol–water partition coefficient (Wildman–Crippen LogP) is 3.18. The normalized spacial score (nSPS) is 11.8. The quantitative estimate of drug-likeness (QED) is 0.879. The van der Waals surface area contributed by atoms with Crippen LogP contribution < -0.4 is 5.73 Å². The van der Waals surface area contributed by atoms with E-state index in [1.54, 1.807) is 0 Å². The molecule has 0 radical (unpaired) electrons. The van der Waals surface area contributed by atoms with Crippen molar-refractivity contribution in [2.45, 2.75) is 6.18 Å². The third kappa shape index (κ3) is 2.37. The predicted molar refractivity (Wildman–Crippen MR) is 60.8 cm³/mol. The van der Waals surface area contributed by atoms with Crippen LogP contribution in [-0.4, -0.2) is 14.8 Å². The summed E-state index contributed by atoms with van der Waals surface area (Å²) in [6, 6.07) is 1.29. The van der Waals surface area contributed by atoms with Crippen LogP contribution in [0.3, 0.4) is 0 Å². The van der Waals surface area contributed by atoms with Gasteiger partial charge in [-0.1, -0.05) is 23.2 Å². The van der Waals surface area contributed by atoms with Gasteiger partial charge in [0.25, 0.3) is 0 Å². The summed E-state index contributed by atoms with van der Waals surface area (Å²) in [6.45, 7) is 0. The Morgan fingerprint density at radius 3 is 2.44 bits per heavy atom. The molecule has 0 fully saturated rings. The third-order valence-electron chi connectivity index (χ3n) is 2.07. The molecule has 0 saturated heterocycles. The van der Waals surface area contributed by atoms with Gasteiger partial charge in [-0.3, -0.25) is 0 Å². The van der Waals surface area contributed by atoms with Crippen molar-refractivity contribution < 1.29 is 13.2 Å². The van der Waals surface area contributed by atoms with Crippen molar-refractivity contribution in [1.82, 2.24) is 14.8 Å². The van der Waals surface area contributed by atoms with E-state index >= 15 is 0 Å². The van der Waals surface area contributed by atoms with Gasteiger partial charge in [0.15, 0.2) is 5.82 Å². The number of anilines is 1. The molecule has 2 aromatic heterocycles.